The second-order valence-corrected chi connectivity index (χ2v) is 4.19. The second kappa shape index (κ2) is 4.88. The fraction of sp³-hybridized carbons (Fsp3) is 0.0714. The van der Waals surface area contributed by atoms with E-state index in [0.29, 0.717) is 11.3 Å². The number of nitrogens with two attached hydrogens (primary N) is 1. The van der Waals surface area contributed by atoms with Crippen LogP contribution >= 0.6 is 0 Å². The number of carbonyl (C=O) groups is 1. The first-order chi connectivity index (χ1) is 9.29. The van der Waals surface area contributed by atoms with Gasteiger partial charge in [0.1, 0.15) is 0 Å². The molecule has 0 spiro atoms. The third-order valence-electron chi connectivity index (χ3n) is 2.78. The van der Waals surface area contributed by atoms with E-state index in [1.807, 2.05) is 0 Å². The zero-order chi connectivity index (χ0) is 14.9. The summed E-state index contributed by atoms with van der Waals surface area (Å²) in [5.41, 5.74) is 4.80. The Morgan fingerprint density at radius 2 is 1.70 bits per heavy atom. The lowest BCUT2D eigenvalue weighted by molar-refractivity contribution is -0.138. The minimum absolute atomic E-state index is 0.259. The average molecular weight is 281 g/mol. The van der Waals surface area contributed by atoms with Crippen molar-refractivity contribution >= 4 is 11.7 Å². The van der Waals surface area contributed by atoms with E-state index in [9.17, 15) is 18.0 Å². The minimum Gasteiger partial charge on any atom is -0.478 e. The van der Waals surface area contributed by atoms with Gasteiger partial charge in [-0.2, -0.15) is 13.2 Å². The molecule has 20 heavy (non-hydrogen) atoms. The van der Waals surface area contributed by atoms with Crippen molar-refractivity contribution in [2.24, 2.45) is 0 Å². The fourth-order valence-corrected chi connectivity index (χ4v) is 1.86. The number of halogens is 3. The molecule has 0 saturated heterocycles. The van der Waals surface area contributed by atoms with Crippen molar-refractivity contribution in [3.05, 3.63) is 53.6 Å². The number of hydrogen-bond donors (Lipinski definition) is 2. The third kappa shape index (κ3) is 2.74. The van der Waals surface area contributed by atoms with Crippen LogP contribution < -0.4 is 5.73 Å². The molecule has 2 aromatic carbocycles. The largest absolute Gasteiger partial charge is 0.478 e. The van der Waals surface area contributed by atoms with Crippen LogP contribution in [-0.2, 0) is 6.18 Å². The molecule has 0 saturated carbocycles. The van der Waals surface area contributed by atoms with E-state index in [2.05, 4.69) is 0 Å². The minimum atomic E-state index is -4.73. The molecule has 0 atom stereocenters. The van der Waals surface area contributed by atoms with E-state index in [1.165, 1.54) is 12.1 Å². The van der Waals surface area contributed by atoms with Gasteiger partial charge in [-0.05, 0) is 35.4 Å². The zero-order valence-corrected chi connectivity index (χ0v) is 10.1. The van der Waals surface area contributed by atoms with Gasteiger partial charge < -0.3 is 10.8 Å². The Bertz CT molecular complexity index is 666. The van der Waals surface area contributed by atoms with E-state index in [0.717, 1.165) is 12.1 Å². The SMILES string of the molecule is Nc1cccc(-c2ccc(C(=O)O)c(C(F)(F)F)c2)c1. The van der Waals surface area contributed by atoms with Crippen LogP contribution in [0.2, 0.25) is 0 Å². The molecule has 0 radical (unpaired) electrons. The van der Waals surface area contributed by atoms with Crippen LogP contribution in [-0.4, -0.2) is 11.1 Å². The highest BCUT2D eigenvalue weighted by molar-refractivity contribution is 5.90. The second-order valence-electron chi connectivity index (χ2n) is 4.19. The van der Waals surface area contributed by atoms with E-state index in [4.69, 9.17) is 10.8 Å². The number of hydrogen-bond acceptors (Lipinski definition) is 2. The molecule has 0 bridgehead atoms. The van der Waals surface area contributed by atoms with Gasteiger partial charge in [-0.25, -0.2) is 4.79 Å². The molecule has 2 rings (SSSR count). The number of nitrogen functional groups attached to an aromatic ring is 1. The summed E-state index contributed by atoms with van der Waals surface area (Å²) in [4.78, 5) is 10.9. The molecule has 0 aromatic heterocycles. The van der Waals surface area contributed by atoms with Gasteiger partial charge in [-0.1, -0.05) is 18.2 Å². The number of benzene rings is 2. The summed E-state index contributed by atoms with van der Waals surface area (Å²) in [6, 6.07) is 9.44. The van der Waals surface area contributed by atoms with Gasteiger partial charge >= 0.3 is 12.1 Å². The maximum atomic E-state index is 12.9. The van der Waals surface area contributed by atoms with Gasteiger partial charge in [0.25, 0.3) is 0 Å². The first kappa shape index (κ1) is 13.9. The Morgan fingerprint density at radius 3 is 2.25 bits per heavy atom. The number of aromatic carboxylic acids is 1. The van der Waals surface area contributed by atoms with Crippen LogP contribution in [0.15, 0.2) is 42.5 Å². The highest BCUT2D eigenvalue weighted by Gasteiger charge is 2.35. The Labute approximate surface area is 112 Å². The Hall–Kier alpha value is -2.50. The lowest BCUT2D eigenvalue weighted by Gasteiger charge is -2.12. The quantitative estimate of drug-likeness (QED) is 0.826. The van der Waals surface area contributed by atoms with E-state index in [1.54, 1.807) is 18.2 Å². The van der Waals surface area contributed by atoms with Crippen molar-refractivity contribution in [1.82, 2.24) is 0 Å². The number of rotatable bonds is 2. The zero-order valence-electron chi connectivity index (χ0n) is 10.1. The molecule has 0 fully saturated rings. The first-order valence-corrected chi connectivity index (χ1v) is 5.59. The van der Waals surface area contributed by atoms with Gasteiger partial charge in [0, 0.05) is 5.69 Å². The van der Waals surface area contributed by atoms with Crippen LogP contribution in [0.25, 0.3) is 11.1 Å². The van der Waals surface area contributed by atoms with E-state index >= 15 is 0 Å². The normalized spacial score (nSPS) is 11.3. The molecular weight excluding hydrogens is 271 g/mol. The van der Waals surface area contributed by atoms with Gasteiger partial charge in [0.05, 0.1) is 11.1 Å². The van der Waals surface area contributed by atoms with Gasteiger partial charge in [-0.3, -0.25) is 0 Å². The number of carboxylic acid groups (broad SMARTS) is 1. The highest BCUT2D eigenvalue weighted by atomic mass is 19.4. The van der Waals surface area contributed by atoms with Crippen LogP contribution in [0, 0.1) is 0 Å². The van der Waals surface area contributed by atoms with Crippen molar-refractivity contribution in [2.75, 3.05) is 5.73 Å². The molecule has 0 amide bonds. The molecule has 0 heterocycles. The molecule has 6 heteroatoms. The molecule has 0 unspecified atom stereocenters. The van der Waals surface area contributed by atoms with Crippen molar-refractivity contribution in [2.45, 2.75) is 6.18 Å². The summed E-state index contributed by atoms with van der Waals surface area (Å²) in [6.45, 7) is 0. The Morgan fingerprint density at radius 1 is 1.05 bits per heavy atom. The maximum absolute atomic E-state index is 12.9. The topological polar surface area (TPSA) is 63.3 Å². The van der Waals surface area contributed by atoms with Gasteiger partial charge in [0.2, 0.25) is 0 Å². The summed E-state index contributed by atoms with van der Waals surface area (Å²) < 4.78 is 38.7. The molecule has 2 aromatic rings. The molecular formula is C14H10F3NO2. The Balaban J connectivity index is 2.61. The van der Waals surface area contributed by atoms with Crippen LogP contribution in [0.4, 0.5) is 18.9 Å². The summed E-state index contributed by atoms with van der Waals surface area (Å²) in [6.07, 6.45) is -4.73. The van der Waals surface area contributed by atoms with Gasteiger partial charge in [0.15, 0.2) is 0 Å². The van der Waals surface area contributed by atoms with E-state index in [-0.39, 0.29) is 5.56 Å². The smallest absolute Gasteiger partial charge is 0.417 e. The third-order valence-corrected chi connectivity index (χ3v) is 2.78. The number of alkyl halides is 3. The molecule has 3 nitrogen and oxygen atoms in total. The number of carboxylic acids is 1. The van der Waals surface area contributed by atoms with Crippen molar-refractivity contribution in [3.63, 3.8) is 0 Å². The fourth-order valence-electron chi connectivity index (χ4n) is 1.86. The summed E-state index contributed by atoms with van der Waals surface area (Å²) >= 11 is 0. The predicted molar refractivity (Wildman–Crippen MR) is 68.3 cm³/mol. The predicted octanol–water partition coefficient (Wildman–Crippen LogP) is 3.65. The number of anilines is 1. The summed E-state index contributed by atoms with van der Waals surface area (Å²) in [7, 11) is 0. The van der Waals surface area contributed by atoms with Gasteiger partial charge in [-0.15, -0.1) is 0 Å². The monoisotopic (exact) mass is 281 g/mol. The molecule has 0 aliphatic rings. The molecule has 0 aliphatic carbocycles. The maximum Gasteiger partial charge on any atom is 0.417 e. The van der Waals surface area contributed by atoms with Crippen LogP contribution in [0.1, 0.15) is 15.9 Å². The summed E-state index contributed by atoms with van der Waals surface area (Å²) in [5, 5.41) is 8.81. The standard InChI is InChI=1S/C14H10F3NO2/c15-14(16,17)12-7-9(4-5-11(12)13(19)20)8-2-1-3-10(18)6-8/h1-7H,18H2,(H,19,20). The lowest BCUT2D eigenvalue weighted by Crippen LogP contribution is -2.13. The highest BCUT2D eigenvalue weighted by Crippen LogP contribution is 2.35. The summed E-state index contributed by atoms with van der Waals surface area (Å²) in [5.74, 6) is -1.61. The molecule has 104 valence electrons. The van der Waals surface area contributed by atoms with Crippen molar-refractivity contribution < 1.29 is 23.1 Å². The van der Waals surface area contributed by atoms with Crippen molar-refractivity contribution in [1.29, 1.82) is 0 Å². The lowest BCUT2D eigenvalue weighted by atomic mass is 9.98. The Kier molecular flexibility index (Phi) is 3.40. The van der Waals surface area contributed by atoms with Crippen molar-refractivity contribution in [3.8, 4) is 11.1 Å². The molecule has 3 N–H and O–H groups in total. The van der Waals surface area contributed by atoms with Crippen LogP contribution in [0.3, 0.4) is 0 Å². The van der Waals surface area contributed by atoms with E-state index < -0.39 is 23.3 Å². The van der Waals surface area contributed by atoms with Crippen LogP contribution in [0.5, 0.6) is 0 Å². The molecule has 0 aliphatic heterocycles. The average Bonchev–Trinajstić information content (AvgIpc) is 2.37. The first-order valence-electron chi connectivity index (χ1n) is 5.59.